The summed E-state index contributed by atoms with van der Waals surface area (Å²) in [5.41, 5.74) is 0. The van der Waals surface area contributed by atoms with Crippen molar-refractivity contribution in [2.75, 3.05) is 0 Å². The third-order valence-corrected chi connectivity index (χ3v) is 12.0. The molecule has 0 heteroatoms. The van der Waals surface area contributed by atoms with Gasteiger partial charge in [0.25, 0.3) is 0 Å². The van der Waals surface area contributed by atoms with E-state index in [4.69, 9.17) is 0 Å². The Balaban J connectivity index is 0.000000629. The van der Waals surface area contributed by atoms with Crippen LogP contribution >= 0.6 is 0 Å². The second-order valence-electron chi connectivity index (χ2n) is 17.0. The van der Waals surface area contributed by atoms with Crippen molar-refractivity contribution in [1.29, 1.82) is 0 Å². The fourth-order valence-corrected chi connectivity index (χ4v) is 8.49. The van der Waals surface area contributed by atoms with Crippen LogP contribution in [-0.2, 0) is 0 Å². The maximum atomic E-state index is 3.00. The molecular formula is C50H100. The molecule has 0 aromatic heterocycles. The summed E-state index contributed by atoms with van der Waals surface area (Å²) in [4.78, 5) is 0. The molecule has 0 atom stereocenters. The topological polar surface area (TPSA) is 0 Å². The summed E-state index contributed by atoms with van der Waals surface area (Å²) < 4.78 is 0. The fraction of sp³-hybridized carbons (Fsp3) is 0.960. The summed E-state index contributed by atoms with van der Waals surface area (Å²) >= 11 is 0. The molecule has 0 heterocycles. The Bertz CT molecular complexity index is 282. The van der Waals surface area contributed by atoms with Crippen molar-refractivity contribution in [1.82, 2.24) is 0 Å². The number of rotatable bonds is 0. The smallest absolute Gasteiger partial charge is 0.0533 e. The molecule has 4 aliphatic rings. The predicted molar refractivity (Wildman–Crippen MR) is 233 cm³/mol. The van der Waals surface area contributed by atoms with E-state index in [0.29, 0.717) is 0 Å². The van der Waals surface area contributed by atoms with E-state index in [1.807, 2.05) is 0 Å². The Morgan fingerprint density at radius 1 is 0.0800 bits per heavy atom. The second-order valence-corrected chi connectivity index (χ2v) is 17.0. The van der Waals surface area contributed by atoms with Gasteiger partial charge in [-0.3, -0.25) is 0 Å². The molecule has 0 aromatic carbocycles. The van der Waals surface area contributed by atoms with Crippen molar-refractivity contribution in [2.24, 2.45) is 0 Å². The zero-order chi connectivity index (χ0) is 35.9. The molecule has 0 bridgehead atoms. The largest absolute Gasteiger partial charge is 0.106 e. The SMILES string of the molecule is C1CCCCCCCCCCC1.C1CCCCCCCCCCC1.C1CCCCCCCCCCC1.C1CCCCCCCCCCC1.C=C. The summed E-state index contributed by atoms with van der Waals surface area (Å²) in [5, 5.41) is 0. The van der Waals surface area contributed by atoms with Gasteiger partial charge in [0.1, 0.15) is 0 Å². The van der Waals surface area contributed by atoms with E-state index in [1.165, 1.54) is 308 Å². The molecule has 4 rings (SSSR count). The van der Waals surface area contributed by atoms with Crippen molar-refractivity contribution in [3.8, 4) is 0 Å². The van der Waals surface area contributed by atoms with E-state index in [-0.39, 0.29) is 0 Å². The monoisotopic (exact) mass is 701 g/mol. The van der Waals surface area contributed by atoms with E-state index < -0.39 is 0 Å². The summed E-state index contributed by atoms with van der Waals surface area (Å²) in [6, 6.07) is 0. The maximum absolute atomic E-state index is 3.00. The Hall–Kier alpha value is -0.260. The van der Waals surface area contributed by atoms with Gasteiger partial charge in [0, 0.05) is 0 Å². The first-order chi connectivity index (χ1) is 25.0. The lowest BCUT2D eigenvalue weighted by Crippen LogP contribution is -1.85. The Morgan fingerprint density at radius 2 is 0.100 bits per heavy atom. The highest BCUT2D eigenvalue weighted by molar-refractivity contribution is 4.55. The van der Waals surface area contributed by atoms with Crippen LogP contribution in [0.1, 0.15) is 308 Å². The molecule has 0 radical (unpaired) electrons. The molecule has 4 fully saturated rings. The van der Waals surface area contributed by atoms with Crippen molar-refractivity contribution in [3.63, 3.8) is 0 Å². The molecule has 0 aromatic rings. The van der Waals surface area contributed by atoms with Gasteiger partial charge in [0.05, 0.1) is 0 Å². The van der Waals surface area contributed by atoms with Gasteiger partial charge in [-0.05, 0) is 0 Å². The lowest BCUT2D eigenvalue weighted by molar-refractivity contribution is 0.504. The van der Waals surface area contributed by atoms with E-state index in [9.17, 15) is 0 Å². The van der Waals surface area contributed by atoms with Crippen LogP contribution in [-0.4, -0.2) is 0 Å². The first kappa shape index (κ1) is 49.7. The molecule has 300 valence electrons. The molecule has 0 nitrogen and oxygen atoms in total. The zero-order valence-corrected chi connectivity index (χ0v) is 35.4. The van der Waals surface area contributed by atoms with Crippen LogP contribution in [0.4, 0.5) is 0 Å². The first-order valence-corrected chi connectivity index (χ1v) is 24.5. The van der Waals surface area contributed by atoms with Crippen LogP contribution < -0.4 is 0 Å². The van der Waals surface area contributed by atoms with Gasteiger partial charge >= 0.3 is 0 Å². The maximum Gasteiger partial charge on any atom is -0.0533 e. The van der Waals surface area contributed by atoms with E-state index in [1.54, 1.807) is 0 Å². The minimum Gasteiger partial charge on any atom is -0.106 e. The minimum absolute atomic E-state index is 1.50. The zero-order valence-electron chi connectivity index (χ0n) is 35.4. The van der Waals surface area contributed by atoms with Gasteiger partial charge in [-0.25, -0.2) is 0 Å². The molecule has 0 spiro atoms. The van der Waals surface area contributed by atoms with Crippen molar-refractivity contribution in [3.05, 3.63) is 13.2 Å². The third-order valence-electron chi connectivity index (χ3n) is 12.0. The van der Waals surface area contributed by atoms with E-state index in [2.05, 4.69) is 13.2 Å². The van der Waals surface area contributed by atoms with Crippen molar-refractivity contribution >= 4 is 0 Å². The Labute approximate surface area is 320 Å². The summed E-state index contributed by atoms with van der Waals surface area (Å²) in [7, 11) is 0. The van der Waals surface area contributed by atoms with Crippen LogP contribution in [0.15, 0.2) is 13.2 Å². The van der Waals surface area contributed by atoms with Gasteiger partial charge in [-0.1, -0.05) is 308 Å². The molecule has 4 aliphatic carbocycles. The van der Waals surface area contributed by atoms with Crippen molar-refractivity contribution in [2.45, 2.75) is 308 Å². The van der Waals surface area contributed by atoms with E-state index in [0.717, 1.165) is 0 Å². The second kappa shape index (κ2) is 48.7. The molecule has 0 saturated heterocycles. The Kier molecular flexibility index (Phi) is 48.5. The average Bonchev–Trinajstić information content (AvgIpc) is 3.11. The van der Waals surface area contributed by atoms with Crippen LogP contribution in [0.3, 0.4) is 0 Å². The number of hydrogen-bond acceptors (Lipinski definition) is 0. The molecule has 0 unspecified atom stereocenters. The van der Waals surface area contributed by atoms with Gasteiger partial charge in [0.2, 0.25) is 0 Å². The first-order valence-electron chi connectivity index (χ1n) is 24.5. The quantitative estimate of drug-likeness (QED) is 0.221. The summed E-state index contributed by atoms with van der Waals surface area (Å²) in [5.74, 6) is 0. The number of hydrogen-bond donors (Lipinski definition) is 0. The van der Waals surface area contributed by atoms with Gasteiger partial charge in [0.15, 0.2) is 0 Å². The molecule has 50 heavy (non-hydrogen) atoms. The van der Waals surface area contributed by atoms with E-state index >= 15 is 0 Å². The van der Waals surface area contributed by atoms with Crippen LogP contribution in [0.5, 0.6) is 0 Å². The molecule has 4 saturated carbocycles. The molecular weight excluding hydrogens is 601 g/mol. The standard InChI is InChI=1S/4C12H24.C2H4/c4*1-2-4-6-8-10-12-11-9-7-5-3-1;1-2/h4*1-12H2;1-2H2. The highest BCUT2D eigenvalue weighted by Crippen LogP contribution is 2.19. The predicted octanol–water partition coefficient (Wildman–Crippen LogP) is 19.5. The van der Waals surface area contributed by atoms with Crippen molar-refractivity contribution < 1.29 is 0 Å². The Morgan fingerprint density at radius 3 is 0.120 bits per heavy atom. The molecule has 0 aliphatic heterocycles. The highest BCUT2D eigenvalue weighted by Gasteiger charge is 1.99. The van der Waals surface area contributed by atoms with Crippen LogP contribution in [0.2, 0.25) is 0 Å². The average molecular weight is 701 g/mol. The lowest BCUT2D eigenvalue weighted by atomic mass is 10.0. The van der Waals surface area contributed by atoms with Gasteiger partial charge < -0.3 is 0 Å². The summed E-state index contributed by atoms with van der Waals surface area (Å²) in [6.45, 7) is 6.00. The molecule has 0 amide bonds. The van der Waals surface area contributed by atoms with Gasteiger partial charge in [-0.15, -0.1) is 13.2 Å². The third kappa shape index (κ3) is 45.8. The highest BCUT2D eigenvalue weighted by atomic mass is 14.1. The fourth-order valence-electron chi connectivity index (χ4n) is 8.49. The molecule has 0 N–H and O–H groups in total. The lowest BCUT2D eigenvalue weighted by Gasteiger charge is -2.05. The van der Waals surface area contributed by atoms with Gasteiger partial charge in [-0.2, -0.15) is 0 Å². The van der Waals surface area contributed by atoms with Crippen LogP contribution in [0, 0.1) is 0 Å². The van der Waals surface area contributed by atoms with Crippen LogP contribution in [0.25, 0.3) is 0 Å². The normalized spacial score (nSPS) is 23.1. The minimum atomic E-state index is 1.50. The summed E-state index contributed by atoms with van der Waals surface area (Å²) in [6.07, 6.45) is 72.0.